The van der Waals surface area contributed by atoms with E-state index in [1.54, 1.807) is 0 Å². The average Bonchev–Trinajstić information content (AvgIpc) is 2.21. The van der Waals surface area contributed by atoms with Crippen molar-refractivity contribution in [2.75, 3.05) is 13.1 Å². The number of amides is 1. The lowest BCUT2D eigenvalue weighted by Crippen LogP contribution is -2.50. The standard InChI is InChI=1S/C12H12ClNO4/c13-8-1-2-9(10(15)4-8)12(18)14-5-7(6-14)3-11(16)17/h1-2,4,7,15H,3,5-6H2,(H,16,17). The lowest BCUT2D eigenvalue weighted by Gasteiger charge is -2.38. The second kappa shape index (κ2) is 4.86. The smallest absolute Gasteiger partial charge is 0.303 e. The van der Waals surface area contributed by atoms with Crippen LogP contribution in [0.3, 0.4) is 0 Å². The number of benzene rings is 1. The van der Waals surface area contributed by atoms with Crippen LogP contribution in [0.2, 0.25) is 5.02 Å². The van der Waals surface area contributed by atoms with Crippen LogP contribution in [-0.4, -0.2) is 40.1 Å². The van der Waals surface area contributed by atoms with E-state index in [0.29, 0.717) is 18.1 Å². The van der Waals surface area contributed by atoms with Crippen molar-refractivity contribution < 1.29 is 19.8 Å². The molecule has 5 nitrogen and oxygen atoms in total. The predicted octanol–water partition coefficient (Wildman–Crippen LogP) is 1.59. The molecule has 1 saturated heterocycles. The molecule has 1 heterocycles. The zero-order chi connectivity index (χ0) is 13.3. The zero-order valence-electron chi connectivity index (χ0n) is 9.47. The number of aliphatic carboxylic acids is 1. The predicted molar refractivity (Wildman–Crippen MR) is 64.8 cm³/mol. The van der Waals surface area contributed by atoms with E-state index >= 15 is 0 Å². The Balaban J connectivity index is 1.99. The maximum atomic E-state index is 12.0. The average molecular weight is 270 g/mol. The van der Waals surface area contributed by atoms with E-state index in [1.165, 1.54) is 23.1 Å². The minimum Gasteiger partial charge on any atom is -0.507 e. The number of carboxylic acids is 1. The number of likely N-dealkylation sites (tertiary alicyclic amines) is 1. The van der Waals surface area contributed by atoms with Gasteiger partial charge in [0.25, 0.3) is 5.91 Å². The molecule has 0 aliphatic carbocycles. The summed E-state index contributed by atoms with van der Waals surface area (Å²) in [7, 11) is 0. The number of phenolic OH excluding ortho intramolecular Hbond substituents is 1. The lowest BCUT2D eigenvalue weighted by atomic mass is 9.95. The van der Waals surface area contributed by atoms with Crippen LogP contribution in [0.1, 0.15) is 16.8 Å². The number of phenols is 1. The van der Waals surface area contributed by atoms with E-state index in [-0.39, 0.29) is 29.6 Å². The first-order valence-corrected chi connectivity index (χ1v) is 5.84. The Kier molecular flexibility index (Phi) is 3.43. The van der Waals surface area contributed by atoms with E-state index in [9.17, 15) is 14.7 Å². The number of hydrogen-bond acceptors (Lipinski definition) is 3. The first-order chi connectivity index (χ1) is 8.47. The number of carbonyl (C=O) groups is 2. The number of nitrogens with zero attached hydrogens (tertiary/aromatic N) is 1. The number of halogens is 1. The monoisotopic (exact) mass is 269 g/mol. The molecule has 18 heavy (non-hydrogen) atoms. The van der Waals surface area contributed by atoms with Crippen LogP contribution in [-0.2, 0) is 4.79 Å². The van der Waals surface area contributed by atoms with Crippen molar-refractivity contribution in [2.45, 2.75) is 6.42 Å². The van der Waals surface area contributed by atoms with Crippen LogP contribution in [0.4, 0.5) is 0 Å². The number of rotatable bonds is 3. The molecular weight excluding hydrogens is 258 g/mol. The van der Waals surface area contributed by atoms with Crippen LogP contribution in [0.25, 0.3) is 0 Å². The molecule has 96 valence electrons. The molecule has 0 radical (unpaired) electrons. The summed E-state index contributed by atoms with van der Waals surface area (Å²) in [6.45, 7) is 0.820. The molecule has 1 amide bonds. The van der Waals surface area contributed by atoms with E-state index in [4.69, 9.17) is 16.7 Å². The van der Waals surface area contributed by atoms with E-state index < -0.39 is 5.97 Å². The molecule has 1 fully saturated rings. The van der Waals surface area contributed by atoms with Gasteiger partial charge < -0.3 is 15.1 Å². The Morgan fingerprint density at radius 1 is 1.39 bits per heavy atom. The highest BCUT2D eigenvalue weighted by atomic mass is 35.5. The van der Waals surface area contributed by atoms with Crippen molar-refractivity contribution in [2.24, 2.45) is 5.92 Å². The van der Waals surface area contributed by atoms with Gasteiger partial charge in [0.05, 0.1) is 12.0 Å². The number of hydrogen-bond donors (Lipinski definition) is 2. The van der Waals surface area contributed by atoms with Gasteiger partial charge in [-0.3, -0.25) is 9.59 Å². The van der Waals surface area contributed by atoms with Crippen LogP contribution in [0, 0.1) is 5.92 Å². The van der Waals surface area contributed by atoms with Gasteiger partial charge in [-0.15, -0.1) is 0 Å². The molecular formula is C12H12ClNO4. The van der Waals surface area contributed by atoms with Gasteiger partial charge in [-0.1, -0.05) is 11.6 Å². The summed E-state index contributed by atoms with van der Waals surface area (Å²) in [5, 5.41) is 18.6. The maximum Gasteiger partial charge on any atom is 0.303 e. The Labute approximate surface area is 109 Å². The maximum absolute atomic E-state index is 12.0. The molecule has 0 spiro atoms. The molecule has 0 unspecified atom stereocenters. The summed E-state index contributed by atoms with van der Waals surface area (Å²) in [5.74, 6) is -1.32. The van der Waals surface area contributed by atoms with Gasteiger partial charge in [-0.2, -0.15) is 0 Å². The Bertz CT molecular complexity index is 497. The third-order valence-electron chi connectivity index (χ3n) is 2.90. The normalized spacial score (nSPS) is 15.3. The van der Waals surface area contributed by atoms with Crippen LogP contribution in [0.15, 0.2) is 18.2 Å². The highest BCUT2D eigenvalue weighted by Crippen LogP contribution is 2.27. The molecule has 0 aromatic heterocycles. The molecule has 2 N–H and O–H groups in total. The minimum atomic E-state index is -0.860. The van der Waals surface area contributed by atoms with Crippen molar-refractivity contribution in [3.05, 3.63) is 28.8 Å². The number of carbonyl (C=O) groups excluding carboxylic acids is 1. The van der Waals surface area contributed by atoms with Gasteiger partial charge in [-0.25, -0.2) is 0 Å². The fourth-order valence-electron chi connectivity index (χ4n) is 1.97. The quantitative estimate of drug-likeness (QED) is 0.874. The van der Waals surface area contributed by atoms with Crippen LogP contribution >= 0.6 is 11.6 Å². The van der Waals surface area contributed by atoms with Gasteiger partial charge in [0.2, 0.25) is 0 Å². The van der Waals surface area contributed by atoms with E-state index in [2.05, 4.69) is 0 Å². The van der Waals surface area contributed by atoms with Crippen molar-refractivity contribution >= 4 is 23.5 Å². The largest absolute Gasteiger partial charge is 0.507 e. The first kappa shape index (κ1) is 12.7. The molecule has 0 saturated carbocycles. The van der Waals surface area contributed by atoms with Crippen molar-refractivity contribution in [3.8, 4) is 5.75 Å². The van der Waals surface area contributed by atoms with E-state index in [1.807, 2.05) is 0 Å². The lowest BCUT2D eigenvalue weighted by molar-refractivity contribution is -0.139. The third kappa shape index (κ3) is 2.56. The fourth-order valence-corrected chi connectivity index (χ4v) is 2.13. The molecule has 1 aliphatic rings. The summed E-state index contributed by atoms with van der Waals surface area (Å²) in [6.07, 6.45) is 0.0659. The van der Waals surface area contributed by atoms with Gasteiger partial charge in [0.15, 0.2) is 0 Å². The summed E-state index contributed by atoms with van der Waals surface area (Å²) in [4.78, 5) is 24.0. The van der Waals surface area contributed by atoms with Crippen LogP contribution < -0.4 is 0 Å². The van der Waals surface area contributed by atoms with Crippen molar-refractivity contribution in [1.29, 1.82) is 0 Å². The molecule has 6 heteroatoms. The molecule has 2 rings (SSSR count). The molecule has 1 aliphatic heterocycles. The minimum absolute atomic E-state index is 0.000827. The SMILES string of the molecule is O=C(O)CC1CN(C(=O)c2ccc(Cl)cc2O)C1. The summed E-state index contributed by atoms with van der Waals surface area (Å²) in [5.41, 5.74) is 0.188. The Morgan fingerprint density at radius 2 is 2.06 bits per heavy atom. The topological polar surface area (TPSA) is 77.8 Å². The highest BCUT2D eigenvalue weighted by molar-refractivity contribution is 6.30. The van der Waals surface area contributed by atoms with E-state index in [0.717, 1.165) is 0 Å². The van der Waals surface area contributed by atoms with Gasteiger partial charge in [0.1, 0.15) is 5.75 Å². The third-order valence-corrected chi connectivity index (χ3v) is 3.13. The molecule has 1 aromatic carbocycles. The zero-order valence-corrected chi connectivity index (χ0v) is 10.2. The van der Waals surface area contributed by atoms with Crippen LogP contribution in [0.5, 0.6) is 5.75 Å². The fraction of sp³-hybridized carbons (Fsp3) is 0.333. The first-order valence-electron chi connectivity index (χ1n) is 5.47. The molecule has 0 atom stereocenters. The van der Waals surface area contributed by atoms with Gasteiger partial charge in [0, 0.05) is 24.0 Å². The summed E-state index contributed by atoms with van der Waals surface area (Å²) in [6, 6.07) is 4.30. The van der Waals surface area contributed by atoms with Crippen molar-refractivity contribution in [3.63, 3.8) is 0 Å². The summed E-state index contributed by atoms with van der Waals surface area (Å²) >= 11 is 5.68. The number of aromatic hydroxyl groups is 1. The molecule has 1 aromatic rings. The Morgan fingerprint density at radius 3 is 2.61 bits per heavy atom. The van der Waals surface area contributed by atoms with Gasteiger partial charge in [-0.05, 0) is 18.2 Å². The highest BCUT2D eigenvalue weighted by Gasteiger charge is 2.33. The summed E-state index contributed by atoms with van der Waals surface area (Å²) < 4.78 is 0. The van der Waals surface area contributed by atoms with Crippen molar-refractivity contribution in [1.82, 2.24) is 4.90 Å². The molecule has 0 bridgehead atoms. The second-order valence-corrected chi connectivity index (χ2v) is 4.77. The number of carboxylic acid groups (broad SMARTS) is 1. The van der Waals surface area contributed by atoms with Gasteiger partial charge >= 0.3 is 5.97 Å². The Hall–Kier alpha value is -1.75. The second-order valence-electron chi connectivity index (χ2n) is 4.34.